The van der Waals surface area contributed by atoms with Crippen molar-refractivity contribution in [2.75, 3.05) is 30.4 Å². The number of carbonyl (C=O) groups is 1. The summed E-state index contributed by atoms with van der Waals surface area (Å²) in [4.78, 5) is 24.2. The van der Waals surface area contributed by atoms with E-state index in [-0.39, 0.29) is 11.8 Å². The SMILES string of the molecule is CCN(CC)c1ncc2c(n1)CC[C@H](C(=O)Nc1ccc(OC)cc1C)C2. The monoisotopic (exact) mass is 368 g/mol. The van der Waals surface area contributed by atoms with Gasteiger partial charge in [-0.05, 0) is 69.4 Å². The van der Waals surface area contributed by atoms with Gasteiger partial charge in [-0.15, -0.1) is 0 Å². The topological polar surface area (TPSA) is 67.4 Å². The van der Waals surface area contributed by atoms with Crippen LogP contribution in [0.15, 0.2) is 24.4 Å². The van der Waals surface area contributed by atoms with Crippen LogP contribution in [0.5, 0.6) is 5.75 Å². The minimum atomic E-state index is -0.0538. The van der Waals surface area contributed by atoms with E-state index < -0.39 is 0 Å². The van der Waals surface area contributed by atoms with Crippen molar-refractivity contribution in [3.8, 4) is 5.75 Å². The molecule has 0 bridgehead atoms. The summed E-state index contributed by atoms with van der Waals surface area (Å²) in [5.41, 5.74) is 3.99. The second-order valence-electron chi connectivity index (χ2n) is 6.92. The van der Waals surface area contributed by atoms with Crippen molar-refractivity contribution in [1.29, 1.82) is 0 Å². The second kappa shape index (κ2) is 8.37. The molecule has 1 N–H and O–H groups in total. The highest BCUT2D eigenvalue weighted by atomic mass is 16.5. The maximum Gasteiger partial charge on any atom is 0.227 e. The number of hydrogen-bond acceptors (Lipinski definition) is 5. The molecule has 0 radical (unpaired) electrons. The minimum absolute atomic E-state index is 0.0538. The van der Waals surface area contributed by atoms with Crippen LogP contribution in [0.25, 0.3) is 0 Å². The number of nitrogens with one attached hydrogen (secondary N) is 1. The Labute approximate surface area is 161 Å². The lowest BCUT2D eigenvalue weighted by Crippen LogP contribution is -2.30. The average Bonchev–Trinajstić information content (AvgIpc) is 2.69. The molecular weight excluding hydrogens is 340 g/mol. The minimum Gasteiger partial charge on any atom is -0.497 e. The van der Waals surface area contributed by atoms with Crippen LogP contribution in [0.4, 0.5) is 11.6 Å². The Morgan fingerprint density at radius 3 is 2.78 bits per heavy atom. The third kappa shape index (κ3) is 4.21. The average molecular weight is 368 g/mol. The number of ether oxygens (including phenoxy) is 1. The largest absolute Gasteiger partial charge is 0.497 e. The predicted octanol–water partition coefficient (Wildman–Crippen LogP) is 3.38. The summed E-state index contributed by atoms with van der Waals surface area (Å²) >= 11 is 0. The van der Waals surface area contributed by atoms with Crippen LogP contribution in [0.1, 0.15) is 37.1 Å². The van der Waals surface area contributed by atoms with Crippen LogP contribution >= 0.6 is 0 Å². The fourth-order valence-corrected chi connectivity index (χ4v) is 3.52. The van der Waals surface area contributed by atoms with Gasteiger partial charge in [-0.1, -0.05) is 0 Å². The molecule has 27 heavy (non-hydrogen) atoms. The van der Waals surface area contributed by atoms with E-state index in [0.29, 0.717) is 6.42 Å². The van der Waals surface area contributed by atoms with Crippen LogP contribution in [0.3, 0.4) is 0 Å². The lowest BCUT2D eigenvalue weighted by molar-refractivity contribution is -0.120. The van der Waals surface area contributed by atoms with Gasteiger partial charge in [0.1, 0.15) is 5.75 Å². The standard InChI is InChI=1S/C21H28N4O2/c1-5-25(6-2)21-22-13-16-12-15(7-9-19(16)24-21)20(26)23-18-10-8-17(27-4)11-14(18)3/h8,10-11,13,15H,5-7,9,12H2,1-4H3,(H,23,26)/t15-/m0/s1. The third-order valence-electron chi connectivity index (χ3n) is 5.25. The maximum absolute atomic E-state index is 12.8. The van der Waals surface area contributed by atoms with Crippen LogP contribution in [0.2, 0.25) is 0 Å². The highest BCUT2D eigenvalue weighted by Crippen LogP contribution is 2.27. The van der Waals surface area contributed by atoms with Gasteiger partial charge >= 0.3 is 0 Å². The van der Waals surface area contributed by atoms with E-state index in [4.69, 9.17) is 9.72 Å². The van der Waals surface area contributed by atoms with E-state index in [9.17, 15) is 4.79 Å². The molecule has 2 aromatic rings. The van der Waals surface area contributed by atoms with Crippen molar-refractivity contribution in [3.63, 3.8) is 0 Å². The van der Waals surface area contributed by atoms with Gasteiger partial charge in [-0.2, -0.15) is 0 Å². The molecule has 6 nitrogen and oxygen atoms in total. The lowest BCUT2D eigenvalue weighted by atomic mass is 9.86. The zero-order chi connectivity index (χ0) is 19.4. The summed E-state index contributed by atoms with van der Waals surface area (Å²) in [5, 5.41) is 3.07. The van der Waals surface area contributed by atoms with Crippen LogP contribution in [-0.4, -0.2) is 36.1 Å². The Bertz CT molecular complexity index is 818. The first-order valence-electron chi connectivity index (χ1n) is 9.60. The van der Waals surface area contributed by atoms with Gasteiger partial charge in [0.2, 0.25) is 11.9 Å². The number of hydrogen-bond donors (Lipinski definition) is 1. The quantitative estimate of drug-likeness (QED) is 0.847. The summed E-state index contributed by atoms with van der Waals surface area (Å²) < 4.78 is 5.22. The van der Waals surface area contributed by atoms with Crippen molar-refractivity contribution in [1.82, 2.24) is 9.97 Å². The van der Waals surface area contributed by atoms with Gasteiger partial charge in [-0.25, -0.2) is 9.97 Å². The van der Waals surface area contributed by atoms with E-state index in [1.54, 1.807) is 7.11 Å². The molecule has 3 rings (SSSR count). The molecule has 0 saturated heterocycles. The molecule has 1 aromatic heterocycles. The first-order chi connectivity index (χ1) is 13.0. The fourth-order valence-electron chi connectivity index (χ4n) is 3.52. The van der Waals surface area contributed by atoms with Crippen molar-refractivity contribution in [2.24, 2.45) is 5.92 Å². The van der Waals surface area contributed by atoms with Crippen molar-refractivity contribution in [3.05, 3.63) is 41.2 Å². The van der Waals surface area contributed by atoms with E-state index in [1.807, 2.05) is 31.3 Å². The molecular formula is C21H28N4O2. The first-order valence-corrected chi connectivity index (χ1v) is 9.60. The van der Waals surface area contributed by atoms with Crippen molar-refractivity contribution < 1.29 is 9.53 Å². The number of fused-ring (bicyclic) bond motifs is 1. The predicted molar refractivity (Wildman–Crippen MR) is 107 cm³/mol. The number of benzene rings is 1. The van der Waals surface area contributed by atoms with Gasteiger partial charge in [0, 0.05) is 36.6 Å². The summed E-state index contributed by atoms with van der Waals surface area (Å²) in [6.45, 7) is 7.96. The van der Waals surface area contributed by atoms with Crippen LogP contribution in [0, 0.1) is 12.8 Å². The highest BCUT2D eigenvalue weighted by Gasteiger charge is 2.26. The summed E-state index contributed by atoms with van der Waals surface area (Å²) in [5.74, 6) is 1.58. The normalized spacial score (nSPS) is 15.8. The molecule has 1 heterocycles. The third-order valence-corrected chi connectivity index (χ3v) is 5.25. The molecule has 1 aromatic carbocycles. The number of amides is 1. The zero-order valence-corrected chi connectivity index (χ0v) is 16.6. The van der Waals surface area contributed by atoms with Crippen molar-refractivity contribution in [2.45, 2.75) is 40.0 Å². The number of methoxy groups -OCH3 is 1. The summed E-state index contributed by atoms with van der Waals surface area (Å²) in [7, 11) is 1.64. The molecule has 144 valence electrons. The molecule has 0 spiro atoms. The number of aryl methyl sites for hydroxylation is 2. The van der Waals surface area contributed by atoms with E-state index in [0.717, 1.165) is 60.1 Å². The second-order valence-corrected chi connectivity index (χ2v) is 6.92. The Morgan fingerprint density at radius 2 is 2.11 bits per heavy atom. The van der Waals surface area contributed by atoms with E-state index >= 15 is 0 Å². The number of rotatable bonds is 6. The van der Waals surface area contributed by atoms with Crippen LogP contribution < -0.4 is 15.0 Å². The Hall–Kier alpha value is -2.63. The number of carbonyl (C=O) groups excluding carboxylic acids is 1. The summed E-state index contributed by atoms with van der Waals surface area (Å²) in [6.07, 6.45) is 4.21. The number of nitrogens with zero attached hydrogens (tertiary/aromatic N) is 3. The molecule has 0 unspecified atom stereocenters. The molecule has 1 atom stereocenters. The number of aromatic nitrogens is 2. The molecule has 6 heteroatoms. The molecule has 0 aliphatic heterocycles. The lowest BCUT2D eigenvalue weighted by Gasteiger charge is -2.25. The van der Waals surface area contributed by atoms with Gasteiger partial charge in [0.25, 0.3) is 0 Å². The molecule has 1 aliphatic rings. The first kappa shape index (κ1) is 19.1. The Balaban J connectivity index is 1.69. The van der Waals surface area contributed by atoms with E-state index in [2.05, 4.69) is 29.0 Å². The summed E-state index contributed by atoms with van der Waals surface area (Å²) in [6, 6.07) is 5.68. The van der Waals surface area contributed by atoms with Crippen molar-refractivity contribution >= 4 is 17.5 Å². The molecule has 1 amide bonds. The van der Waals surface area contributed by atoms with Gasteiger partial charge in [-0.3, -0.25) is 4.79 Å². The van der Waals surface area contributed by atoms with Gasteiger partial charge in [0.05, 0.1) is 7.11 Å². The highest BCUT2D eigenvalue weighted by molar-refractivity contribution is 5.93. The molecule has 1 aliphatic carbocycles. The van der Waals surface area contributed by atoms with E-state index in [1.165, 1.54) is 0 Å². The smallest absolute Gasteiger partial charge is 0.227 e. The Morgan fingerprint density at radius 1 is 1.33 bits per heavy atom. The Kier molecular flexibility index (Phi) is 5.94. The van der Waals surface area contributed by atoms with Crippen LogP contribution in [-0.2, 0) is 17.6 Å². The molecule has 0 fully saturated rings. The molecule has 0 saturated carbocycles. The maximum atomic E-state index is 12.8. The van der Waals surface area contributed by atoms with Gasteiger partial charge in [0.15, 0.2) is 0 Å². The number of anilines is 2. The van der Waals surface area contributed by atoms with Gasteiger partial charge < -0.3 is 15.0 Å². The zero-order valence-electron chi connectivity index (χ0n) is 16.6. The fraction of sp³-hybridized carbons (Fsp3) is 0.476.